The summed E-state index contributed by atoms with van der Waals surface area (Å²) >= 11 is 0. The number of hydrogen-bond donors (Lipinski definition) is 0. The molecular weight excluding hydrogens is 376 g/mol. The smallest absolute Gasteiger partial charge is 0.314 e. The molecule has 0 heterocycles. The molecule has 0 spiro atoms. The molecule has 0 atom stereocenters. The fourth-order valence-corrected chi connectivity index (χ4v) is 2.99. The Labute approximate surface area is 175 Å². The van der Waals surface area contributed by atoms with Crippen molar-refractivity contribution in [1.82, 2.24) is 0 Å². The van der Waals surface area contributed by atoms with E-state index in [0.717, 1.165) is 35.2 Å². The van der Waals surface area contributed by atoms with Gasteiger partial charge in [0, 0.05) is 11.1 Å². The van der Waals surface area contributed by atoms with Gasteiger partial charge in [-0.25, -0.2) is 0 Å². The Morgan fingerprint density at radius 1 is 0.900 bits per heavy atom. The minimum atomic E-state index is -0.199. The second-order valence-electron chi connectivity index (χ2n) is 7.03. The maximum absolute atomic E-state index is 11.9. The first kappa shape index (κ1) is 19.6. The van der Waals surface area contributed by atoms with Crippen LogP contribution in [0, 0.1) is 5.92 Å². The number of esters is 1. The van der Waals surface area contributed by atoms with Gasteiger partial charge in [-0.2, -0.15) is 5.10 Å². The predicted octanol–water partition coefficient (Wildman–Crippen LogP) is 4.88. The molecule has 0 unspecified atom stereocenters. The van der Waals surface area contributed by atoms with Gasteiger partial charge >= 0.3 is 5.97 Å². The van der Waals surface area contributed by atoms with Crippen molar-refractivity contribution in [3.05, 3.63) is 95.6 Å². The first-order valence-electron chi connectivity index (χ1n) is 9.86. The molecule has 0 radical (unpaired) electrons. The van der Waals surface area contributed by atoms with Crippen molar-refractivity contribution in [2.75, 3.05) is 7.11 Å². The lowest BCUT2D eigenvalue weighted by atomic mass is 10.0. The molecule has 5 nitrogen and oxygen atoms in total. The molecule has 30 heavy (non-hydrogen) atoms. The zero-order valence-corrected chi connectivity index (χ0v) is 16.7. The first-order valence-corrected chi connectivity index (χ1v) is 9.86. The summed E-state index contributed by atoms with van der Waals surface area (Å²) in [6.07, 6.45) is 3.45. The predicted molar refractivity (Wildman–Crippen MR) is 117 cm³/mol. The molecule has 0 saturated heterocycles. The van der Waals surface area contributed by atoms with Crippen molar-refractivity contribution in [2.45, 2.75) is 12.8 Å². The second-order valence-corrected chi connectivity index (χ2v) is 7.03. The van der Waals surface area contributed by atoms with Gasteiger partial charge in [0.05, 0.1) is 19.2 Å². The molecular formula is C25H22N2O3. The van der Waals surface area contributed by atoms with Gasteiger partial charge in [-0.3, -0.25) is 4.79 Å². The molecule has 0 aliphatic heterocycles. The van der Waals surface area contributed by atoms with E-state index >= 15 is 0 Å². The highest BCUT2D eigenvalue weighted by Crippen LogP contribution is 2.34. The van der Waals surface area contributed by atoms with Gasteiger partial charge in [-0.1, -0.05) is 60.7 Å². The fraction of sp³-hybridized carbons (Fsp3) is 0.160. The van der Waals surface area contributed by atoms with Crippen LogP contribution in [0.2, 0.25) is 0 Å². The van der Waals surface area contributed by atoms with E-state index in [1.807, 2.05) is 66.7 Å². The lowest BCUT2D eigenvalue weighted by Crippen LogP contribution is -2.10. The van der Waals surface area contributed by atoms with Crippen molar-refractivity contribution in [1.29, 1.82) is 0 Å². The quantitative estimate of drug-likeness (QED) is 0.247. The van der Waals surface area contributed by atoms with E-state index in [9.17, 15) is 4.79 Å². The molecule has 1 aliphatic rings. The number of ether oxygens (including phenoxy) is 2. The molecule has 0 amide bonds. The maximum Gasteiger partial charge on any atom is 0.314 e. The molecule has 3 aromatic rings. The van der Waals surface area contributed by atoms with Crippen LogP contribution in [0.15, 0.2) is 89.1 Å². The maximum atomic E-state index is 11.9. The number of methoxy groups -OCH3 is 1. The summed E-state index contributed by atoms with van der Waals surface area (Å²) in [6, 6.07) is 25.2. The third kappa shape index (κ3) is 4.81. The monoisotopic (exact) mass is 398 g/mol. The van der Waals surface area contributed by atoms with E-state index in [4.69, 9.17) is 9.47 Å². The van der Waals surface area contributed by atoms with Crippen LogP contribution in [-0.4, -0.2) is 25.0 Å². The topological polar surface area (TPSA) is 60.3 Å². The average Bonchev–Trinajstić information content (AvgIpc) is 3.64. The summed E-state index contributed by atoms with van der Waals surface area (Å²) in [6.45, 7) is 0. The Kier molecular flexibility index (Phi) is 5.99. The molecule has 0 aromatic heterocycles. The third-order valence-electron chi connectivity index (χ3n) is 4.77. The summed E-state index contributed by atoms with van der Waals surface area (Å²) < 4.78 is 10.8. The number of rotatable bonds is 7. The van der Waals surface area contributed by atoms with Crippen molar-refractivity contribution in [2.24, 2.45) is 16.1 Å². The van der Waals surface area contributed by atoms with Crippen LogP contribution < -0.4 is 9.47 Å². The summed E-state index contributed by atoms with van der Waals surface area (Å²) in [5.74, 6) is 0.738. The van der Waals surface area contributed by atoms with Crippen LogP contribution in [0.25, 0.3) is 0 Å². The molecule has 1 fully saturated rings. The minimum absolute atomic E-state index is 0.0275. The Bertz CT molecular complexity index is 1030. The molecule has 0 N–H and O–H groups in total. The van der Waals surface area contributed by atoms with Crippen LogP contribution >= 0.6 is 0 Å². The molecule has 5 heteroatoms. The van der Waals surface area contributed by atoms with E-state index < -0.39 is 0 Å². The number of carbonyl (C=O) groups is 1. The lowest BCUT2D eigenvalue weighted by molar-refractivity contribution is -0.135. The zero-order valence-electron chi connectivity index (χ0n) is 16.7. The van der Waals surface area contributed by atoms with Crippen molar-refractivity contribution in [3.8, 4) is 11.5 Å². The molecule has 1 saturated carbocycles. The summed E-state index contributed by atoms with van der Waals surface area (Å²) in [5.41, 5.74) is 3.55. The summed E-state index contributed by atoms with van der Waals surface area (Å²) in [7, 11) is 1.55. The van der Waals surface area contributed by atoms with Gasteiger partial charge in [0.15, 0.2) is 11.5 Å². The Balaban J connectivity index is 1.58. The molecule has 3 aromatic carbocycles. The highest BCUT2D eigenvalue weighted by Gasteiger charge is 2.32. The van der Waals surface area contributed by atoms with Crippen molar-refractivity contribution < 1.29 is 14.3 Å². The van der Waals surface area contributed by atoms with Crippen LogP contribution in [0.1, 0.15) is 29.5 Å². The van der Waals surface area contributed by atoms with Crippen LogP contribution in [0.5, 0.6) is 11.5 Å². The Morgan fingerprint density at radius 3 is 2.10 bits per heavy atom. The highest BCUT2D eigenvalue weighted by atomic mass is 16.6. The van der Waals surface area contributed by atoms with Gasteiger partial charge in [0.2, 0.25) is 0 Å². The fourth-order valence-electron chi connectivity index (χ4n) is 2.99. The van der Waals surface area contributed by atoms with Crippen LogP contribution in [0.4, 0.5) is 0 Å². The molecule has 0 bridgehead atoms. The standard InChI is InChI=1S/C25H22N2O3/c1-29-23-16-18(12-15-22(23)30-25(28)21-13-14-21)17-26-27-24(19-8-4-2-5-9-19)20-10-6-3-7-11-20/h2-12,15-17,21H,13-14H2,1H3/b26-17-. The molecule has 150 valence electrons. The van der Waals surface area contributed by atoms with E-state index in [1.54, 1.807) is 25.5 Å². The molecule has 4 rings (SSSR count). The highest BCUT2D eigenvalue weighted by molar-refractivity contribution is 6.12. The normalized spacial score (nSPS) is 13.1. The van der Waals surface area contributed by atoms with Crippen molar-refractivity contribution in [3.63, 3.8) is 0 Å². The summed E-state index contributed by atoms with van der Waals surface area (Å²) in [4.78, 5) is 11.9. The number of hydrogen-bond acceptors (Lipinski definition) is 5. The van der Waals surface area contributed by atoms with E-state index in [0.29, 0.717) is 11.5 Å². The van der Waals surface area contributed by atoms with E-state index in [2.05, 4.69) is 10.2 Å². The minimum Gasteiger partial charge on any atom is -0.493 e. The Morgan fingerprint density at radius 2 is 1.53 bits per heavy atom. The van der Waals surface area contributed by atoms with Gasteiger partial charge in [-0.05, 0) is 36.6 Å². The van der Waals surface area contributed by atoms with E-state index in [-0.39, 0.29) is 11.9 Å². The Hall–Kier alpha value is -3.73. The number of nitrogens with zero attached hydrogens (tertiary/aromatic N) is 2. The third-order valence-corrected chi connectivity index (χ3v) is 4.77. The number of carbonyl (C=O) groups excluding carboxylic acids is 1. The van der Waals surface area contributed by atoms with Gasteiger partial charge in [0.1, 0.15) is 5.71 Å². The van der Waals surface area contributed by atoms with Gasteiger partial charge < -0.3 is 9.47 Å². The largest absolute Gasteiger partial charge is 0.493 e. The lowest BCUT2D eigenvalue weighted by Gasteiger charge is -2.09. The van der Waals surface area contributed by atoms with Crippen LogP contribution in [-0.2, 0) is 4.79 Å². The van der Waals surface area contributed by atoms with Gasteiger partial charge in [-0.15, -0.1) is 5.10 Å². The summed E-state index contributed by atoms with van der Waals surface area (Å²) in [5, 5.41) is 8.78. The van der Waals surface area contributed by atoms with Crippen LogP contribution in [0.3, 0.4) is 0 Å². The van der Waals surface area contributed by atoms with Crippen molar-refractivity contribution >= 4 is 17.9 Å². The second kappa shape index (κ2) is 9.18. The average molecular weight is 398 g/mol. The zero-order chi connectivity index (χ0) is 20.8. The SMILES string of the molecule is COc1cc(/C=N\N=C(c2ccccc2)c2ccccc2)ccc1OC(=O)C1CC1. The van der Waals surface area contributed by atoms with E-state index in [1.165, 1.54) is 0 Å². The van der Waals surface area contributed by atoms with Gasteiger partial charge in [0.25, 0.3) is 0 Å². The number of benzene rings is 3. The first-order chi connectivity index (χ1) is 14.7. The molecule has 1 aliphatic carbocycles.